The Bertz CT molecular complexity index is 833. The van der Waals surface area contributed by atoms with Gasteiger partial charge in [-0.1, -0.05) is 41.9 Å². The molecule has 1 heterocycles. The molecule has 1 aliphatic rings. The smallest absolute Gasteiger partial charge is 0.251 e. The van der Waals surface area contributed by atoms with Gasteiger partial charge in [0.1, 0.15) is 0 Å². The van der Waals surface area contributed by atoms with Crippen molar-refractivity contribution in [2.75, 3.05) is 39.8 Å². The predicted molar refractivity (Wildman–Crippen MR) is 136 cm³/mol. The van der Waals surface area contributed by atoms with Crippen molar-refractivity contribution in [1.82, 2.24) is 15.5 Å². The summed E-state index contributed by atoms with van der Waals surface area (Å²) in [5.74, 6) is 1.25. The molecule has 1 fully saturated rings. The van der Waals surface area contributed by atoms with Crippen LogP contribution in [0.25, 0.3) is 0 Å². The van der Waals surface area contributed by atoms with Crippen LogP contribution in [0.5, 0.6) is 0 Å². The molecule has 168 valence electrons. The standard InChI is InChI=1S/C23H29ClN4O2.HI/c1-25-23(27-13-12-26-22(29)20-7-9-21(24)10-8-20)28-14-11-19(15-28)17-30-16-18-5-3-2-4-6-18;/h2-10,19H,11-17H2,1H3,(H,25,27)(H,26,29);1H. The number of rotatable bonds is 8. The first-order chi connectivity index (χ1) is 14.7. The number of hydrogen-bond donors (Lipinski definition) is 2. The van der Waals surface area contributed by atoms with E-state index in [0.29, 0.717) is 36.2 Å². The van der Waals surface area contributed by atoms with Gasteiger partial charge in [0.05, 0.1) is 13.2 Å². The lowest BCUT2D eigenvalue weighted by atomic mass is 10.1. The molecule has 1 aliphatic heterocycles. The van der Waals surface area contributed by atoms with Gasteiger partial charge in [-0.3, -0.25) is 9.79 Å². The lowest BCUT2D eigenvalue weighted by Crippen LogP contribution is -2.43. The predicted octanol–water partition coefficient (Wildman–Crippen LogP) is 3.80. The van der Waals surface area contributed by atoms with Crippen molar-refractivity contribution in [2.24, 2.45) is 10.9 Å². The number of amides is 1. The summed E-state index contributed by atoms with van der Waals surface area (Å²) in [7, 11) is 1.79. The first kappa shape index (κ1) is 25.4. The molecule has 6 nitrogen and oxygen atoms in total. The van der Waals surface area contributed by atoms with Crippen LogP contribution in [0, 0.1) is 5.92 Å². The van der Waals surface area contributed by atoms with Gasteiger partial charge in [0.15, 0.2) is 5.96 Å². The fourth-order valence-electron chi connectivity index (χ4n) is 3.46. The van der Waals surface area contributed by atoms with Crippen LogP contribution >= 0.6 is 35.6 Å². The summed E-state index contributed by atoms with van der Waals surface area (Å²) < 4.78 is 5.90. The third-order valence-electron chi connectivity index (χ3n) is 5.06. The van der Waals surface area contributed by atoms with Crippen LogP contribution < -0.4 is 10.6 Å². The Kier molecular flexibility index (Phi) is 11.1. The molecular formula is C23H30ClIN4O2. The molecule has 0 aromatic heterocycles. The summed E-state index contributed by atoms with van der Waals surface area (Å²) in [6.07, 6.45) is 1.09. The second-order valence-electron chi connectivity index (χ2n) is 7.34. The zero-order chi connectivity index (χ0) is 21.2. The van der Waals surface area contributed by atoms with Gasteiger partial charge in [0, 0.05) is 49.7 Å². The highest BCUT2D eigenvalue weighted by atomic mass is 127. The van der Waals surface area contributed by atoms with Crippen LogP contribution in [-0.2, 0) is 11.3 Å². The number of aliphatic imine (C=N–C) groups is 1. The molecule has 0 bridgehead atoms. The normalized spacial score (nSPS) is 16.0. The Morgan fingerprint density at radius 3 is 2.55 bits per heavy atom. The van der Waals surface area contributed by atoms with E-state index in [9.17, 15) is 4.79 Å². The fraction of sp³-hybridized carbons (Fsp3) is 0.391. The highest BCUT2D eigenvalue weighted by Crippen LogP contribution is 2.17. The summed E-state index contributed by atoms with van der Waals surface area (Å²) in [5.41, 5.74) is 1.80. The number of carbonyl (C=O) groups is 1. The Morgan fingerprint density at radius 1 is 1.13 bits per heavy atom. The van der Waals surface area contributed by atoms with Gasteiger partial charge in [0.2, 0.25) is 0 Å². The van der Waals surface area contributed by atoms with Crippen LogP contribution in [0.3, 0.4) is 0 Å². The van der Waals surface area contributed by atoms with E-state index in [0.717, 1.165) is 32.1 Å². The maximum absolute atomic E-state index is 12.1. The molecule has 0 saturated carbocycles. The van der Waals surface area contributed by atoms with Crippen LogP contribution in [-0.4, -0.2) is 56.6 Å². The van der Waals surface area contributed by atoms with Crippen LogP contribution in [0.15, 0.2) is 59.6 Å². The number of nitrogens with zero attached hydrogens (tertiary/aromatic N) is 2. The third kappa shape index (κ3) is 8.31. The zero-order valence-corrected chi connectivity index (χ0v) is 20.8. The van der Waals surface area contributed by atoms with E-state index in [1.807, 2.05) is 18.2 Å². The van der Waals surface area contributed by atoms with Gasteiger partial charge in [-0.15, -0.1) is 24.0 Å². The van der Waals surface area contributed by atoms with Gasteiger partial charge in [-0.25, -0.2) is 0 Å². The zero-order valence-electron chi connectivity index (χ0n) is 17.7. The number of carbonyl (C=O) groups excluding carboxylic acids is 1. The molecule has 1 saturated heterocycles. The minimum Gasteiger partial charge on any atom is -0.376 e. The average molecular weight is 557 g/mol. The van der Waals surface area contributed by atoms with E-state index in [1.54, 1.807) is 31.3 Å². The molecule has 2 N–H and O–H groups in total. The number of benzene rings is 2. The maximum atomic E-state index is 12.1. The minimum absolute atomic E-state index is 0. The van der Waals surface area contributed by atoms with Crippen molar-refractivity contribution < 1.29 is 9.53 Å². The van der Waals surface area contributed by atoms with Gasteiger partial charge >= 0.3 is 0 Å². The molecule has 2 aromatic rings. The number of hydrogen-bond acceptors (Lipinski definition) is 3. The summed E-state index contributed by atoms with van der Waals surface area (Å²) >= 11 is 5.86. The molecule has 31 heavy (non-hydrogen) atoms. The van der Waals surface area contributed by atoms with Gasteiger partial charge in [0.25, 0.3) is 5.91 Å². The Labute approximate surface area is 206 Å². The van der Waals surface area contributed by atoms with E-state index in [-0.39, 0.29) is 29.9 Å². The number of likely N-dealkylation sites (tertiary alicyclic amines) is 1. The molecular weight excluding hydrogens is 527 g/mol. The number of guanidine groups is 1. The average Bonchev–Trinajstić information content (AvgIpc) is 3.23. The summed E-state index contributed by atoms with van der Waals surface area (Å²) in [6, 6.07) is 17.1. The number of halogens is 2. The lowest BCUT2D eigenvalue weighted by molar-refractivity contribution is 0.0906. The van der Waals surface area contributed by atoms with Crippen molar-refractivity contribution >= 4 is 47.4 Å². The van der Waals surface area contributed by atoms with Gasteiger partial charge in [-0.2, -0.15) is 0 Å². The molecule has 0 spiro atoms. The highest BCUT2D eigenvalue weighted by molar-refractivity contribution is 14.0. The molecule has 1 amide bonds. The van der Waals surface area contributed by atoms with Crippen LogP contribution in [0.1, 0.15) is 22.3 Å². The summed E-state index contributed by atoms with van der Waals surface area (Å²) in [5, 5.41) is 6.85. The van der Waals surface area contributed by atoms with E-state index in [2.05, 4.69) is 32.7 Å². The molecule has 3 rings (SSSR count). The molecule has 0 aliphatic carbocycles. The van der Waals surface area contributed by atoms with Crippen molar-refractivity contribution in [2.45, 2.75) is 13.0 Å². The molecule has 1 unspecified atom stereocenters. The first-order valence-electron chi connectivity index (χ1n) is 10.3. The lowest BCUT2D eigenvalue weighted by Gasteiger charge is -2.22. The Hall–Kier alpha value is -1.84. The number of nitrogens with one attached hydrogen (secondary N) is 2. The fourth-order valence-corrected chi connectivity index (χ4v) is 3.59. The summed E-state index contributed by atoms with van der Waals surface area (Å²) in [4.78, 5) is 18.8. The quantitative estimate of drug-likeness (QED) is 0.225. The second kappa shape index (κ2) is 13.5. The molecule has 0 radical (unpaired) electrons. The summed E-state index contributed by atoms with van der Waals surface area (Å²) in [6.45, 7) is 4.40. The topological polar surface area (TPSA) is 66.0 Å². The maximum Gasteiger partial charge on any atom is 0.251 e. The van der Waals surface area contributed by atoms with Crippen molar-refractivity contribution in [3.63, 3.8) is 0 Å². The van der Waals surface area contributed by atoms with E-state index >= 15 is 0 Å². The first-order valence-corrected chi connectivity index (χ1v) is 10.6. The van der Waals surface area contributed by atoms with Crippen molar-refractivity contribution in [3.05, 3.63) is 70.7 Å². The van der Waals surface area contributed by atoms with E-state index in [1.165, 1.54) is 5.56 Å². The van der Waals surface area contributed by atoms with Crippen molar-refractivity contribution in [1.29, 1.82) is 0 Å². The molecule has 1 atom stereocenters. The highest BCUT2D eigenvalue weighted by Gasteiger charge is 2.24. The van der Waals surface area contributed by atoms with Gasteiger partial charge < -0.3 is 20.3 Å². The van der Waals surface area contributed by atoms with Crippen LogP contribution in [0.4, 0.5) is 0 Å². The molecule has 2 aromatic carbocycles. The van der Waals surface area contributed by atoms with Crippen molar-refractivity contribution in [3.8, 4) is 0 Å². The number of ether oxygens (including phenoxy) is 1. The Morgan fingerprint density at radius 2 is 1.84 bits per heavy atom. The monoisotopic (exact) mass is 556 g/mol. The third-order valence-corrected chi connectivity index (χ3v) is 5.31. The second-order valence-corrected chi connectivity index (χ2v) is 7.77. The van der Waals surface area contributed by atoms with Crippen LogP contribution in [0.2, 0.25) is 5.02 Å². The Balaban J connectivity index is 0.00000341. The van der Waals surface area contributed by atoms with E-state index < -0.39 is 0 Å². The molecule has 8 heteroatoms. The SMILES string of the molecule is CN=C(NCCNC(=O)c1ccc(Cl)cc1)N1CCC(COCc2ccccc2)C1.I. The minimum atomic E-state index is -0.111. The van der Waals surface area contributed by atoms with E-state index in [4.69, 9.17) is 16.3 Å². The van der Waals surface area contributed by atoms with Gasteiger partial charge in [-0.05, 0) is 36.2 Å². The largest absolute Gasteiger partial charge is 0.376 e.